The Hall–Kier alpha value is -1.02. The zero-order chi connectivity index (χ0) is 14.3. The summed E-state index contributed by atoms with van der Waals surface area (Å²) in [5.41, 5.74) is 3.77. The Labute approximate surface area is 118 Å². The van der Waals surface area contributed by atoms with Crippen LogP contribution in [0, 0.1) is 18.8 Å². The molecule has 1 aliphatic carbocycles. The van der Waals surface area contributed by atoms with E-state index in [1.54, 1.807) is 0 Å². The Morgan fingerprint density at radius 1 is 1.00 bits per heavy atom. The standard InChI is InChI=1S/C17H24BO/c1-13-7-11-15(12-8-13)18(6)19-17(4,5)16(2,3)14-9-10-14/h7-12H,1-6H3. The van der Waals surface area contributed by atoms with E-state index in [1.807, 2.05) is 0 Å². The molecule has 0 amide bonds. The van der Waals surface area contributed by atoms with Gasteiger partial charge in [0.1, 0.15) is 0 Å². The number of aryl methyl sites for hydroxylation is 1. The van der Waals surface area contributed by atoms with Gasteiger partial charge in [0.05, 0.1) is 5.60 Å². The van der Waals surface area contributed by atoms with Gasteiger partial charge in [0, 0.05) is 11.8 Å². The Bertz CT molecular complexity index is 482. The molecular formula is C17H24BO. The molecule has 0 fully saturated rings. The van der Waals surface area contributed by atoms with Crippen LogP contribution in [-0.4, -0.2) is 12.5 Å². The molecule has 0 spiro atoms. The maximum atomic E-state index is 6.37. The lowest BCUT2D eigenvalue weighted by molar-refractivity contribution is 0.0150. The first kappa shape index (κ1) is 14.4. The van der Waals surface area contributed by atoms with Gasteiger partial charge in [-0.15, -0.1) is 0 Å². The van der Waals surface area contributed by atoms with Crippen LogP contribution >= 0.6 is 0 Å². The van der Waals surface area contributed by atoms with Gasteiger partial charge in [-0.2, -0.15) is 0 Å². The molecule has 1 aliphatic rings. The first-order valence-corrected chi connectivity index (χ1v) is 7.04. The summed E-state index contributed by atoms with van der Waals surface area (Å²) in [5.74, 6) is 0. The molecule has 0 N–H and O–H groups in total. The Morgan fingerprint density at radius 3 is 2.00 bits per heavy atom. The van der Waals surface area contributed by atoms with E-state index in [-0.39, 0.29) is 17.9 Å². The summed E-state index contributed by atoms with van der Waals surface area (Å²) in [7, 11) is 0. The van der Waals surface area contributed by atoms with E-state index >= 15 is 0 Å². The average Bonchev–Trinajstić information content (AvgIpc) is 3.12. The molecule has 0 aromatic heterocycles. The van der Waals surface area contributed by atoms with Gasteiger partial charge >= 0.3 is 6.92 Å². The quantitative estimate of drug-likeness (QED) is 0.727. The molecule has 1 radical (unpaired) electrons. The van der Waals surface area contributed by atoms with Crippen molar-refractivity contribution >= 4 is 12.4 Å². The highest BCUT2D eigenvalue weighted by atomic mass is 16.5. The van der Waals surface area contributed by atoms with E-state index in [4.69, 9.17) is 4.65 Å². The molecule has 0 aliphatic heterocycles. The maximum Gasteiger partial charge on any atom is 0.324 e. The second-order valence-corrected chi connectivity index (χ2v) is 6.59. The van der Waals surface area contributed by atoms with E-state index in [1.165, 1.54) is 16.6 Å². The fourth-order valence-corrected chi connectivity index (χ4v) is 2.30. The summed E-state index contributed by atoms with van der Waals surface area (Å²) in [6.45, 7) is 13.2. The lowest BCUT2D eigenvalue weighted by atomic mass is 9.61. The van der Waals surface area contributed by atoms with Gasteiger partial charge in [0.25, 0.3) is 0 Å². The monoisotopic (exact) mass is 255 g/mol. The van der Waals surface area contributed by atoms with Crippen LogP contribution < -0.4 is 5.46 Å². The molecule has 0 atom stereocenters. The van der Waals surface area contributed by atoms with Gasteiger partial charge in [-0.05, 0) is 26.2 Å². The van der Waals surface area contributed by atoms with E-state index < -0.39 is 0 Å². The Morgan fingerprint density at radius 2 is 1.53 bits per heavy atom. The third-order valence-electron chi connectivity index (χ3n) is 4.58. The molecule has 1 nitrogen and oxygen atoms in total. The third kappa shape index (κ3) is 2.95. The predicted octanol–water partition coefficient (Wildman–Crippen LogP) is 3.79. The topological polar surface area (TPSA) is 9.23 Å². The van der Waals surface area contributed by atoms with Crippen molar-refractivity contribution < 1.29 is 4.65 Å². The van der Waals surface area contributed by atoms with Gasteiger partial charge in [0.15, 0.2) is 0 Å². The second kappa shape index (κ2) is 4.83. The van der Waals surface area contributed by atoms with Crippen molar-refractivity contribution in [2.45, 2.75) is 47.0 Å². The molecular weight excluding hydrogens is 231 g/mol. The minimum atomic E-state index is -0.198. The smallest absolute Gasteiger partial charge is 0.324 e. The van der Waals surface area contributed by atoms with Crippen LogP contribution in [0.1, 0.15) is 33.3 Å². The molecule has 1 aromatic carbocycles. The van der Waals surface area contributed by atoms with Crippen LogP contribution in [0.3, 0.4) is 0 Å². The minimum absolute atomic E-state index is 0.0476. The van der Waals surface area contributed by atoms with Crippen molar-refractivity contribution in [2.24, 2.45) is 5.41 Å². The van der Waals surface area contributed by atoms with Gasteiger partial charge in [-0.1, -0.05) is 62.1 Å². The van der Waals surface area contributed by atoms with E-state index in [0.29, 0.717) is 0 Å². The highest BCUT2D eigenvalue weighted by Crippen LogP contribution is 2.47. The summed E-state index contributed by atoms with van der Waals surface area (Å²) in [5, 5.41) is 0. The van der Waals surface area contributed by atoms with Gasteiger partial charge in [-0.25, -0.2) is 0 Å². The molecule has 2 rings (SSSR count). The van der Waals surface area contributed by atoms with Crippen molar-refractivity contribution in [2.75, 3.05) is 0 Å². The van der Waals surface area contributed by atoms with Gasteiger partial charge < -0.3 is 4.65 Å². The number of hydrogen-bond donors (Lipinski definition) is 0. The van der Waals surface area contributed by atoms with Gasteiger partial charge in [0.2, 0.25) is 0 Å². The summed E-state index contributed by atoms with van der Waals surface area (Å²) >= 11 is 0. The minimum Gasteiger partial charge on any atom is -0.426 e. The number of allylic oxidation sites excluding steroid dienone is 1. The predicted molar refractivity (Wildman–Crippen MR) is 83.8 cm³/mol. The van der Waals surface area contributed by atoms with Crippen LogP contribution in [0.25, 0.3) is 0 Å². The zero-order valence-corrected chi connectivity index (χ0v) is 12.9. The molecule has 101 valence electrons. The summed E-state index contributed by atoms with van der Waals surface area (Å²) in [6.07, 6.45) is 4.36. The molecule has 19 heavy (non-hydrogen) atoms. The molecule has 0 unspecified atom stereocenters. The SMILES string of the molecule is CB(OC(C)(C)C(C)(C)C1=C[CH]1)c1ccc(C)cc1. The summed E-state index contributed by atoms with van der Waals surface area (Å²) in [6, 6.07) is 8.60. The number of hydrogen-bond acceptors (Lipinski definition) is 1. The lowest BCUT2D eigenvalue weighted by Gasteiger charge is -2.42. The maximum absolute atomic E-state index is 6.37. The molecule has 1 aromatic rings. The highest BCUT2D eigenvalue weighted by molar-refractivity contribution is 6.66. The molecule has 2 heteroatoms. The average molecular weight is 255 g/mol. The second-order valence-electron chi connectivity index (χ2n) is 6.59. The Balaban J connectivity index is 2.11. The lowest BCUT2D eigenvalue weighted by Crippen LogP contribution is -2.48. The van der Waals surface area contributed by atoms with Crippen molar-refractivity contribution in [3.8, 4) is 0 Å². The molecule has 0 heterocycles. The van der Waals surface area contributed by atoms with E-state index in [2.05, 4.69) is 78.2 Å². The van der Waals surface area contributed by atoms with Gasteiger partial charge in [-0.3, -0.25) is 0 Å². The zero-order valence-electron chi connectivity index (χ0n) is 12.9. The number of benzene rings is 1. The summed E-state index contributed by atoms with van der Waals surface area (Å²) in [4.78, 5) is 0. The van der Waals surface area contributed by atoms with E-state index in [9.17, 15) is 0 Å². The van der Waals surface area contributed by atoms with E-state index in [0.717, 1.165) is 0 Å². The third-order valence-corrected chi connectivity index (χ3v) is 4.58. The van der Waals surface area contributed by atoms with Crippen LogP contribution in [0.15, 0.2) is 35.9 Å². The van der Waals surface area contributed by atoms with Crippen LogP contribution in [-0.2, 0) is 4.65 Å². The fourth-order valence-electron chi connectivity index (χ4n) is 2.30. The van der Waals surface area contributed by atoms with Crippen molar-refractivity contribution in [1.82, 2.24) is 0 Å². The van der Waals surface area contributed by atoms with Crippen molar-refractivity contribution in [3.05, 3.63) is 47.9 Å². The number of rotatable bonds is 5. The van der Waals surface area contributed by atoms with Crippen LogP contribution in [0.4, 0.5) is 0 Å². The molecule has 0 saturated carbocycles. The summed E-state index contributed by atoms with van der Waals surface area (Å²) < 4.78 is 6.37. The van der Waals surface area contributed by atoms with Crippen molar-refractivity contribution in [3.63, 3.8) is 0 Å². The van der Waals surface area contributed by atoms with Crippen LogP contribution in [0.2, 0.25) is 6.82 Å². The first-order valence-electron chi connectivity index (χ1n) is 7.04. The highest BCUT2D eigenvalue weighted by Gasteiger charge is 2.44. The molecule has 0 bridgehead atoms. The largest absolute Gasteiger partial charge is 0.426 e. The molecule has 0 saturated heterocycles. The van der Waals surface area contributed by atoms with Crippen LogP contribution in [0.5, 0.6) is 0 Å². The van der Waals surface area contributed by atoms with Crippen molar-refractivity contribution in [1.29, 1.82) is 0 Å². The Kier molecular flexibility index (Phi) is 3.66. The first-order chi connectivity index (χ1) is 8.74. The fraction of sp³-hybridized carbons (Fsp3) is 0.471. The normalized spacial score (nSPS) is 15.2.